The van der Waals surface area contributed by atoms with Gasteiger partial charge in [0.15, 0.2) is 0 Å². The summed E-state index contributed by atoms with van der Waals surface area (Å²) in [5.41, 5.74) is 1.81. The Morgan fingerprint density at radius 3 is 2.52 bits per heavy atom. The van der Waals surface area contributed by atoms with Crippen LogP contribution < -0.4 is 15.0 Å². The fourth-order valence-electron chi connectivity index (χ4n) is 3.19. The molecule has 0 atom stereocenters. The van der Waals surface area contributed by atoms with Gasteiger partial charge >= 0.3 is 0 Å². The molecule has 144 valence electrons. The Balaban J connectivity index is 1.81. The number of rotatable bonds is 5. The third-order valence-corrected chi connectivity index (χ3v) is 4.46. The SMILES string of the molecule is Cc1cc(C(=O)Nc2ccccc2OC(C)C)nc(N2CCCCCC2)n1. The van der Waals surface area contributed by atoms with E-state index in [9.17, 15) is 4.79 Å². The summed E-state index contributed by atoms with van der Waals surface area (Å²) in [6, 6.07) is 9.17. The number of hydrogen-bond donors (Lipinski definition) is 1. The maximum atomic E-state index is 12.8. The van der Waals surface area contributed by atoms with Gasteiger partial charge in [-0.05, 0) is 51.8 Å². The standard InChI is InChI=1S/C21H28N4O2/c1-15(2)27-19-11-7-6-10-17(19)23-20(26)18-14-16(3)22-21(24-18)25-12-8-4-5-9-13-25/h6-7,10-11,14-15H,4-5,8-9,12-13H2,1-3H3,(H,23,26). The normalized spacial score (nSPS) is 14.7. The zero-order valence-corrected chi connectivity index (χ0v) is 16.4. The highest BCUT2D eigenvalue weighted by molar-refractivity contribution is 6.03. The number of nitrogens with zero attached hydrogens (tertiary/aromatic N) is 3. The van der Waals surface area contributed by atoms with E-state index in [0.717, 1.165) is 31.6 Å². The monoisotopic (exact) mass is 368 g/mol. The lowest BCUT2D eigenvalue weighted by Gasteiger charge is -2.21. The van der Waals surface area contributed by atoms with E-state index in [-0.39, 0.29) is 12.0 Å². The lowest BCUT2D eigenvalue weighted by molar-refractivity contribution is 0.102. The second kappa shape index (κ2) is 8.84. The number of carbonyl (C=O) groups is 1. The van der Waals surface area contributed by atoms with Crippen LogP contribution in [0.1, 0.15) is 55.7 Å². The molecule has 0 saturated carbocycles. The molecule has 1 N–H and O–H groups in total. The average molecular weight is 368 g/mol. The van der Waals surface area contributed by atoms with Crippen LogP contribution in [0, 0.1) is 6.92 Å². The van der Waals surface area contributed by atoms with E-state index < -0.39 is 0 Å². The maximum Gasteiger partial charge on any atom is 0.274 e. The lowest BCUT2D eigenvalue weighted by Crippen LogP contribution is -2.27. The second-order valence-corrected chi connectivity index (χ2v) is 7.21. The average Bonchev–Trinajstić information content (AvgIpc) is 2.92. The number of benzene rings is 1. The molecule has 1 fully saturated rings. The molecule has 1 aliphatic rings. The molecule has 1 aromatic heterocycles. The number of nitrogens with one attached hydrogen (secondary N) is 1. The van der Waals surface area contributed by atoms with Crippen LogP contribution in [-0.2, 0) is 0 Å². The Labute approximate surface area is 161 Å². The molecule has 6 heteroatoms. The first-order valence-corrected chi connectivity index (χ1v) is 9.70. The van der Waals surface area contributed by atoms with Crippen LogP contribution in [0.3, 0.4) is 0 Å². The summed E-state index contributed by atoms with van der Waals surface area (Å²) in [7, 11) is 0. The van der Waals surface area contributed by atoms with Crippen LogP contribution in [-0.4, -0.2) is 35.1 Å². The predicted molar refractivity (Wildman–Crippen MR) is 108 cm³/mol. The molecular weight excluding hydrogens is 340 g/mol. The number of carbonyl (C=O) groups excluding carboxylic acids is 1. The van der Waals surface area contributed by atoms with Crippen LogP contribution in [0.15, 0.2) is 30.3 Å². The minimum atomic E-state index is -0.253. The molecule has 3 rings (SSSR count). The van der Waals surface area contributed by atoms with Crippen LogP contribution >= 0.6 is 0 Å². The van der Waals surface area contributed by atoms with E-state index >= 15 is 0 Å². The largest absolute Gasteiger partial charge is 0.489 e. The third-order valence-electron chi connectivity index (χ3n) is 4.46. The molecule has 0 aliphatic carbocycles. The summed E-state index contributed by atoms with van der Waals surface area (Å²) in [4.78, 5) is 24.1. The minimum absolute atomic E-state index is 0.0268. The highest BCUT2D eigenvalue weighted by Gasteiger charge is 2.17. The summed E-state index contributed by atoms with van der Waals surface area (Å²) in [6.45, 7) is 7.69. The molecule has 1 amide bonds. The molecule has 2 aromatic rings. The fourth-order valence-corrected chi connectivity index (χ4v) is 3.19. The highest BCUT2D eigenvalue weighted by atomic mass is 16.5. The first-order valence-electron chi connectivity index (χ1n) is 9.70. The Kier molecular flexibility index (Phi) is 6.27. The summed E-state index contributed by atoms with van der Waals surface area (Å²) >= 11 is 0. The van der Waals surface area contributed by atoms with Crippen molar-refractivity contribution in [3.05, 3.63) is 41.7 Å². The van der Waals surface area contributed by atoms with Crippen LogP contribution in [0.4, 0.5) is 11.6 Å². The molecular formula is C21H28N4O2. The van der Waals surface area contributed by atoms with Crippen molar-refractivity contribution in [1.82, 2.24) is 9.97 Å². The number of aryl methyl sites for hydroxylation is 1. The highest BCUT2D eigenvalue weighted by Crippen LogP contribution is 2.25. The van der Waals surface area contributed by atoms with E-state index in [2.05, 4.69) is 20.2 Å². The number of para-hydroxylation sites is 2. The predicted octanol–water partition coefficient (Wildman–Crippen LogP) is 4.20. The van der Waals surface area contributed by atoms with Crippen molar-refractivity contribution in [2.45, 2.75) is 52.6 Å². The topological polar surface area (TPSA) is 67.3 Å². The maximum absolute atomic E-state index is 12.8. The van der Waals surface area contributed by atoms with E-state index in [1.807, 2.05) is 45.0 Å². The van der Waals surface area contributed by atoms with Crippen LogP contribution in [0.5, 0.6) is 5.75 Å². The summed E-state index contributed by atoms with van der Waals surface area (Å²) < 4.78 is 5.78. The summed E-state index contributed by atoms with van der Waals surface area (Å²) in [5, 5.41) is 2.93. The van der Waals surface area contributed by atoms with E-state index in [4.69, 9.17) is 4.74 Å². The molecule has 1 aliphatic heterocycles. The molecule has 0 spiro atoms. The van der Waals surface area contributed by atoms with E-state index in [0.29, 0.717) is 23.1 Å². The van der Waals surface area contributed by atoms with Gasteiger partial charge in [-0.3, -0.25) is 4.79 Å². The molecule has 0 unspecified atom stereocenters. The number of amides is 1. The third kappa shape index (κ3) is 5.18. The Morgan fingerprint density at radius 1 is 1.11 bits per heavy atom. The van der Waals surface area contributed by atoms with Gasteiger partial charge in [0.2, 0.25) is 5.95 Å². The molecule has 1 aromatic carbocycles. The molecule has 0 bridgehead atoms. The Morgan fingerprint density at radius 2 is 1.81 bits per heavy atom. The van der Waals surface area contributed by atoms with Gasteiger partial charge in [-0.2, -0.15) is 0 Å². The number of hydrogen-bond acceptors (Lipinski definition) is 5. The number of anilines is 2. The Bertz CT molecular complexity index is 784. The van der Waals surface area contributed by atoms with Crippen molar-refractivity contribution in [2.24, 2.45) is 0 Å². The van der Waals surface area contributed by atoms with Crippen LogP contribution in [0.2, 0.25) is 0 Å². The zero-order valence-electron chi connectivity index (χ0n) is 16.4. The molecule has 6 nitrogen and oxygen atoms in total. The summed E-state index contributed by atoms with van der Waals surface area (Å²) in [6.07, 6.45) is 4.78. The van der Waals surface area contributed by atoms with Crippen molar-refractivity contribution < 1.29 is 9.53 Å². The lowest BCUT2D eigenvalue weighted by atomic mass is 10.2. The number of aromatic nitrogens is 2. The van der Waals surface area contributed by atoms with Gasteiger partial charge in [-0.15, -0.1) is 0 Å². The van der Waals surface area contributed by atoms with Crippen molar-refractivity contribution in [2.75, 3.05) is 23.3 Å². The van der Waals surface area contributed by atoms with Gasteiger partial charge < -0.3 is 15.0 Å². The van der Waals surface area contributed by atoms with Gasteiger partial charge in [0, 0.05) is 18.8 Å². The second-order valence-electron chi connectivity index (χ2n) is 7.21. The quantitative estimate of drug-likeness (QED) is 0.856. The van der Waals surface area contributed by atoms with Gasteiger partial charge in [0.05, 0.1) is 11.8 Å². The molecule has 0 radical (unpaired) electrons. The summed E-state index contributed by atoms with van der Waals surface area (Å²) in [5.74, 6) is 1.05. The van der Waals surface area contributed by atoms with Crippen molar-refractivity contribution in [1.29, 1.82) is 0 Å². The van der Waals surface area contributed by atoms with Crippen molar-refractivity contribution in [3.8, 4) is 5.75 Å². The fraction of sp³-hybridized carbons (Fsp3) is 0.476. The van der Waals surface area contributed by atoms with Crippen molar-refractivity contribution >= 4 is 17.5 Å². The minimum Gasteiger partial charge on any atom is -0.489 e. The van der Waals surface area contributed by atoms with E-state index in [1.54, 1.807) is 6.07 Å². The van der Waals surface area contributed by atoms with Crippen molar-refractivity contribution in [3.63, 3.8) is 0 Å². The van der Waals surface area contributed by atoms with Gasteiger partial charge in [-0.1, -0.05) is 25.0 Å². The molecule has 1 saturated heterocycles. The smallest absolute Gasteiger partial charge is 0.274 e. The van der Waals surface area contributed by atoms with Gasteiger partial charge in [0.1, 0.15) is 11.4 Å². The molecule has 2 heterocycles. The van der Waals surface area contributed by atoms with Gasteiger partial charge in [-0.25, -0.2) is 9.97 Å². The van der Waals surface area contributed by atoms with Crippen LogP contribution in [0.25, 0.3) is 0 Å². The van der Waals surface area contributed by atoms with Gasteiger partial charge in [0.25, 0.3) is 5.91 Å². The van der Waals surface area contributed by atoms with E-state index in [1.165, 1.54) is 12.8 Å². The first kappa shape index (κ1) is 19.1. The Hall–Kier alpha value is -2.63. The molecule has 27 heavy (non-hydrogen) atoms. The number of ether oxygens (including phenoxy) is 1. The zero-order chi connectivity index (χ0) is 19.2. The first-order chi connectivity index (χ1) is 13.0.